The van der Waals surface area contributed by atoms with Crippen LogP contribution in [0.1, 0.15) is 165 Å². The molecule has 3 heterocycles. The summed E-state index contributed by atoms with van der Waals surface area (Å²) >= 11 is 0. The standard InChI is InChI=1S/C52H98O17/c1-10-18-26-56-34-38-42(64-37(9)53)41(54)45(59-29-21-13-4)51(66-38)68-44-40(36-58-28-20-12-3)67-52(49(63-33-25-17-8)47(44)61-31-23-15-6)69-43-39(35-57-27-19-11-2)65-50(55)48(62-32-24-16-7)46(43)60-30-22-14-5/h38-52,54-55H,10-36H2,1-9H3/t38?,39-,40?,41-,42-,43+,44-,45?,46?,47?,48?,49-,50+,51+,52-/m0/s1. The molecule has 17 nitrogen and oxygen atoms in total. The summed E-state index contributed by atoms with van der Waals surface area (Å²) in [6.07, 6.45) is -0.986. The zero-order valence-electron chi connectivity index (χ0n) is 44.3. The molecule has 0 aromatic carbocycles. The van der Waals surface area contributed by atoms with E-state index in [0.29, 0.717) is 59.3 Å². The number of aliphatic hydroxyl groups is 2. The van der Waals surface area contributed by atoms with E-state index in [-0.39, 0.29) is 19.8 Å². The second-order valence-electron chi connectivity index (χ2n) is 18.6. The Hall–Kier alpha value is -1.13. The molecule has 3 saturated heterocycles. The molecule has 0 aromatic rings. The van der Waals surface area contributed by atoms with Gasteiger partial charge in [-0.05, 0) is 51.4 Å². The Kier molecular flexibility index (Phi) is 33.9. The van der Waals surface area contributed by atoms with Crippen molar-refractivity contribution in [2.75, 3.05) is 72.7 Å². The summed E-state index contributed by atoms with van der Waals surface area (Å²) in [4.78, 5) is 12.5. The zero-order chi connectivity index (χ0) is 50.2. The number of carbonyl (C=O) groups excluding carboxylic acids is 1. The molecule has 2 N–H and O–H groups in total. The minimum absolute atomic E-state index is 0.0441. The highest BCUT2D eigenvalue weighted by atomic mass is 16.8. The molecule has 0 saturated carbocycles. The van der Waals surface area contributed by atoms with E-state index in [4.69, 9.17) is 66.3 Å². The van der Waals surface area contributed by atoms with Crippen LogP contribution in [0.3, 0.4) is 0 Å². The minimum atomic E-state index is -1.32. The Balaban J connectivity index is 2.20. The van der Waals surface area contributed by atoms with Gasteiger partial charge >= 0.3 is 5.97 Å². The maximum atomic E-state index is 12.5. The van der Waals surface area contributed by atoms with Crippen LogP contribution >= 0.6 is 0 Å². The van der Waals surface area contributed by atoms with Gasteiger partial charge in [-0.25, -0.2) is 0 Å². The molecule has 0 spiro atoms. The summed E-state index contributed by atoms with van der Waals surface area (Å²) in [5.74, 6) is -0.565. The quantitative estimate of drug-likeness (QED) is 0.0451. The summed E-state index contributed by atoms with van der Waals surface area (Å²) in [5, 5.41) is 23.7. The number of unbranched alkanes of at least 4 members (excludes halogenated alkanes) is 8. The second-order valence-corrected chi connectivity index (χ2v) is 18.6. The van der Waals surface area contributed by atoms with Gasteiger partial charge in [0, 0.05) is 59.8 Å². The van der Waals surface area contributed by atoms with Crippen LogP contribution in [0.5, 0.6) is 0 Å². The molecule has 15 atom stereocenters. The van der Waals surface area contributed by atoms with Gasteiger partial charge in [0.05, 0.1) is 19.8 Å². The van der Waals surface area contributed by atoms with Gasteiger partial charge in [0.25, 0.3) is 0 Å². The van der Waals surface area contributed by atoms with Crippen molar-refractivity contribution in [2.45, 2.75) is 257 Å². The molecule has 69 heavy (non-hydrogen) atoms. The second kappa shape index (κ2) is 37.6. The SMILES string of the molecule is CCCCOCC1O[C@@H](O[C@H]2C(OCCCC)C(OCCCC)[C@H](O)O[C@H]2COCCCC)[C@@H](OCCCC)C(OCCCC)[C@H]1O[C@H]1OC(COCCCC)[C@H](OC(C)=O)[C@H](O)C1OCCCC. The lowest BCUT2D eigenvalue weighted by Crippen LogP contribution is -2.68. The van der Waals surface area contributed by atoms with E-state index in [2.05, 4.69) is 55.4 Å². The van der Waals surface area contributed by atoms with E-state index in [1.807, 2.05) is 0 Å². The topological polar surface area (TPSA) is 187 Å². The summed E-state index contributed by atoms with van der Waals surface area (Å²) in [7, 11) is 0. The van der Waals surface area contributed by atoms with Crippen LogP contribution in [0.2, 0.25) is 0 Å². The van der Waals surface area contributed by atoms with Crippen molar-refractivity contribution in [3.63, 3.8) is 0 Å². The average molecular weight is 995 g/mol. The smallest absolute Gasteiger partial charge is 0.303 e. The molecule has 0 amide bonds. The predicted molar refractivity (Wildman–Crippen MR) is 260 cm³/mol. The Morgan fingerprint density at radius 2 is 0.710 bits per heavy atom. The molecule has 0 radical (unpaired) electrons. The van der Waals surface area contributed by atoms with Crippen molar-refractivity contribution in [3.8, 4) is 0 Å². The molecule has 3 aliphatic rings. The van der Waals surface area contributed by atoms with Gasteiger partial charge in [0.15, 0.2) is 25.0 Å². The minimum Gasteiger partial charge on any atom is -0.457 e. The first kappa shape index (κ1) is 62.2. The van der Waals surface area contributed by atoms with Crippen molar-refractivity contribution in [1.29, 1.82) is 0 Å². The van der Waals surface area contributed by atoms with Gasteiger partial charge in [0.2, 0.25) is 0 Å². The summed E-state index contributed by atoms with van der Waals surface area (Å²) < 4.78 is 92.0. The average Bonchev–Trinajstić information content (AvgIpc) is 3.33. The third-order valence-electron chi connectivity index (χ3n) is 12.5. The fraction of sp³-hybridized carbons (Fsp3) is 0.981. The third-order valence-corrected chi connectivity index (χ3v) is 12.5. The van der Waals surface area contributed by atoms with Gasteiger partial charge in [-0.2, -0.15) is 0 Å². The number of rotatable bonds is 40. The lowest BCUT2D eigenvalue weighted by atomic mass is 9.95. The van der Waals surface area contributed by atoms with Crippen molar-refractivity contribution in [1.82, 2.24) is 0 Å². The number of carbonyl (C=O) groups is 1. The Morgan fingerprint density at radius 1 is 0.391 bits per heavy atom. The largest absolute Gasteiger partial charge is 0.457 e. The molecule has 408 valence electrons. The third kappa shape index (κ3) is 21.7. The van der Waals surface area contributed by atoms with E-state index >= 15 is 0 Å². The van der Waals surface area contributed by atoms with E-state index < -0.39 is 98.1 Å². The fourth-order valence-corrected chi connectivity index (χ4v) is 8.33. The summed E-state index contributed by atoms with van der Waals surface area (Å²) in [5.41, 5.74) is 0. The van der Waals surface area contributed by atoms with Crippen molar-refractivity contribution in [2.24, 2.45) is 0 Å². The van der Waals surface area contributed by atoms with Gasteiger partial charge in [-0.3, -0.25) is 4.79 Å². The van der Waals surface area contributed by atoms with Crippen molar-refractivity contribution < 1.29 is 81.3 Å². The molecular formula is C52H98O17. The number of esters is 1. The van der Waals surface area contributed by atoms with E-state index in [1.54, 1.807) is 0 Å². The predicted octanol–water partition coefficient (Wildman–Crippen LogP) is 7.59. The first-order valence-corrected chi connectivity index (χ1v) is 27.3. The molecule has 17 heteroatoms. The molecule has 6 unspecified atom stereocenters. The first-order chi connectivity index (χ1) is 33.6. The Labute approximate surface area is 416 Å². The molecule has 0 bridgehead atoms. The lowest BCUT2D eigenvalue weighted by molar-refractivity contribution is -0.389. The molecule has 0 aromatic heterocycles. The molecule has 3 rings (SSSR count). The maximum Gasteiger partial charge on any atom is 0.303 e. The van der Waals surface area contributed by atoms with Crippen LogP contribution in [0, 0.1) is 0 Å². The number of hydrogen-bond donors (Lipinski definition) is 2. The highest BCUT2D eigenvalue weighted by molar-refractivity contribution is 5.66. The van der Waals surface area contributed by atoms with Crippen LogP contribution in [0.25, 0.3) is 0 Å². The van der Waals surface area contributed by atoms with E-state index in [9.17, 15) is 15.0 Å². The zero-order valence-corrected chi connectivity index (χ0v) is 44.3. The highest BCUT2D eigenvalue weighted by Gasteiger charge is 2.56. The van der Waals surface area contributed by atoms with Crippen LogP contribution < -0.4 is 0 Å². The Bertz CT molecular complexity index is 1250. The summed E-state index contributed by atoms with van der Waals surface area (Å²) in [6, 6.07) is 0. The fourth-order valence-electron chi connectivity index (χ4n) is 8.33. The number of ether oxygens (including phenoxy) is 14. The number of aliphatic hydroxyl groups excluding tert-OH is 2. The van der Waals surface area contributed by atoms with Gasteiger partial charge in [0.1, 0.15) is 67.1 Å². The van der Waals surface area contributed by atoms with Crippen LogP contribution in [-0.4, -0.2) is 181 Å². The van der Waals surface area contributed by atoms with Crippen molar-refractivity contribution >= 4 is 5.97 Å². The van der Waals surface area contributed by atoms with Crippen LogP contribution in [0.4, 0.5) is 0 Å². The maximum absolute atomic E-state index is 12.5. The van der Waals surface area contributed by atoms with Crippen molar-refractivity contribution in [3.05, 3.63) is 0 Å². The van der Waals surface area contributed by atoms with Gasteiger partial charge in [-0.1, -0.05) is 107 Å². The van der Waals surface area contributed by atoms with E-state index in [0.717, 1.165) is 96.3 Å². The Morgan fingerprint density at radius 3 is 1.12 bits per heavy atom. The van der Waals surface area contributed by atoms with E-state index in [1.165, 1.54) is 6.92 Å². The number of hydrogen-bond acceptors (Lipinski definition) is 17. The van der Waals surface area contributed by atoms with Crippen LogP contribution in [-0.2, 0) is 71.1 Å². The van der Waals surface area contributed by atoms with Gasteiger partial charge in [-0.15, -0.1) is 0 Å². The molecule has 3 fully saturated rings. The molecular weight excluding hydrogens is 897 g/mol. The van der Waals surface area contributed by atoms with Gasteiger partial charge < -0.3 is 76.5 Å². The monoisotopic (exact) mass is 995 g/mol. The normalized spacial score (nSPS) is 31.8. The molecule has 0 aliphatic carbocycles. The van der Waals surface area contributed by atoms with Crippen LogP contribution in [0.15, 0.2) is 0 Å². The summed E-state index contributed by atoms with van der Waals surface area (Å²) in [6.45, 7) is 21.6. The lowest BCUT2D eigenvalue weighted by Gasteiger charge is -2.51. The molecule has 3 aliphatic heterocycles. The first-order valence-electron chi connectivity index (χ1n) is 27.3. The highest BCUT2D eigenvalue weighted by Crippen LogP contribution is 2.37.